The van der Waals surface area contributed by atoms with Crippen molar-refractivity contribution in [3.05, 3.63) is 24.4 Å². The Morgan fingerprint density at radius 2 is 2.13 bits per heavy atom. The van der Waals surface area contributed by atoms with Crippen LogP contribution >= 0.6 is 0 Å². The Kier molecular flexibility index (Phi) is 6.70. The van der Waals surface area contributed by atoms with Crippen LogP contribution < -0.4 is 15.5 Å². The third-order valence-electron chi connectivity index (χ3n) is 3.77. The van der Waals surface area contributed by atoms with Gasteiger partial charge in [0.05, 0.1) is 6.54 Å². The Bertz CT molecular complexity index is 543. The average Bonchev–Trinajstić information content (AvgIpc) is 2.56. The molecule has 23 heavy (non-hydrogen) atoms. The van der Waals surface area contributed by atoms with Crippen molar-refractivity contribution in [2.45, 2.75) is 19.9 Å². The van der Waals surface area contributed by atoms with E-state index in [1.54, 1.807) is 6.92 Å². The van der Waals surface area contributed by atoms with E-state index < -0.39 is 0 Å². The lowest BCUT2D eigenvalue weighted by atomic mass is 10.2. The highest BCUT2D eigenvalue weighted by molar-refractivity contribution is 5.74. The molecule has 2 heterocycles. The van der Waals surface area contributed by atoms with E-state index in [4.69, 9.17) is 0 Å². The summed E-state index contributed by atoms with van der Waals surface area (Å²) in [5.74, 6) is 6.60. The fraction of sp³-hybridized carbons (Fsp3) is 0.529. The summed E-state index contributed by atoms with van der Waals surface area (Å²) in [6.45, 7) is 8.89. The SMILES string of the molecule is CC#CCNC(=O)N[C@@H](C)CN1CCN(c2ccccn2)CC1. The number of urea groups is 1. The van der Waals surface area contributed by atoms with Crippen LogP contribution in [0.2, 0.25) is 0 Å². The molecule has 2 N–H and O–H groups in total. The van der Waals surface area contributed by atoms with E-state index in [1.165, 1.54) is 0 Å². The molecule has 1 aliphatic rings. The lowest BCUT2D eigenvalue weighted by Crippen LogP contribution is -2.52. The second kappa shape index (κ2) is 9.01. The Labute approximate surface area is 138 Å². The first kappa shape index (κ1) is 17.1. The van der Waals surface area contributed by atoms with Crippen LogP contribution in [0.25, 0.3) is 0 Å². The molecule has 0 radical (unpaired) electrons. The zero-order valence-electron chi connectivity index (χ0n) is 13.9. The van der Waals surface area contributed by atoms with Crippen LogP contribution in [0.5, 0.6) is 0 Å². The van der Waals surface area contributed by atoms with Crippen LogP contribution in [-0.2, 0) is 0 Å². The summed E-state index contributed by atoms with van der Waals surface area (Å²) in [5.41, 5.74) is 0. The standard InChI is InChI=1S/C17H25N5O/c1-3-4-8-19-17(23)20-15(2)14-21-10-12-22(13-11-21)16-7-5-6-9-18-16/h5-7,9,15H,8,10-14H2,1-2H3,(H2,19,20,23)/t15-/m0/s1. The number of nitrogens with one attached hydrogen (secondary N) is 2. The van der Waals surface area contributed by atoms with E-state index in [9.17, 15) is 4.79 Å². The normalized spacial score (nSPS) is 16.2. The quantitative estimate of drug-likeness (QED) is 0.793. The fourth-order valence-electron chi connectivity index (χ4n) is 2.62. The maximum absolute atomic E-state index is 11.7. The summed E-state index contributed by atoms with van der Waals surface area (Å²) in [5, 5.41) is 5.67. The molecule has 0 unspecified atom stereocenters. The van der Waals surface area contributed by atoms with Gasteiger partial charge in [-0.3, -0.25) is 4.90 Å². The van der Waals surface area contributed by atoms with Gasteiger partial charge in [0.1, 0.15) is 5.82 Å². The maximum atomic E-state index is 11.7. The minimum Gasteiger partial charge on any atom is -0.354 e. The first-order valence-electron chi connectivity index (χ1n) is 8.01. The van der Waals surface area contributed by atoms with Gasteiger partial charge in [0, 0.05) is 45.0 Å². The van der Waals surface area contributed by atoms with Gasteiger partial charge < -0.3 is 15.5 Å². The van der Waals surface area contributed by atoms with Gasteiger partial charge in [0.15, 0.2) is 0 Å². The van der Waals surface area contributed by atoms with E-state index in [2.05, 4.69) is 37.3 Å². The van der Waals surface area contributed by atoms with Gasteiger partial charge >= 0.3 is 6.03 Å². The van der Waals surface area contributed by atoms with Gasteiger partial charge in [0.25, 0.3) is 0 Å². The van der Waals surface area contributed by atoms with Gasteiger partial charge in [-0.1, -0.05) is 12.0 Å². The molecule has 124 valence electrons. The monoisotopic (exact) mass is 315 g/mol. The number of hydrogen-bond donors (Lipinski definition) is 2. The topological polar surface area (TPSA) is 60.5 Å². The lowest BCUT2D eigenvalue weighted by molar-refractivity contribution is 0.218. The second-order valence-corrected chi connectivity index (χ2v) is 5.63. The minimum atomic E-state index is -0.160. The molecule has 6 heteroatoms. The van der Waals surface area contributed by atoms with Crippen LogP contribution in [0, 0.1) is 11.8 Å². The highest BCUT2D eigenvalue weighted by atomic mass is 16.2. The van der Waals surface area contributed by atoms with Crippen molar-refractivity contribution in [1.29, 1.82) is 0 Å². The van der Waals surface area contributed by atoms with Crippen LogP contribution in [0.1, 0.15) is 13.8 Å². The molecule has 2 rings (SSSR count). The Hall–Kier alpha value is -2.26. The van der Waals surface area contributed by atoms with E-state index in [-0.39, 0.29) is 12.1 Å². The number of pyridine rings is 1. The van der Waals surface area contributed by atoms with Crippen LogP contribution in [0.4, 0.5) is 10.6 Å². The number of piperazine rings is 1. The number of nitrogens with zero attached hydrogens (tertiary/aromatic N) is 3. The molecule has 0 bridgehead atoms. The van der Waals surface area contributed by atoms with Gasteiger partial charge in [-0.15, -0.1) is 5.92 Å². The van der Waals surface area contributed by atoms with Crippen LogP contribution in [-0.4, -0.2) is 61.2 Å². The molecule has 0 aliphatic carbocycles. The van der Waals surface area contributed by atoms with Crippen molar-refractivity contribution in [3.8, 4) is 11.8 Å². The zero-order chi connectivity index (χ0) is 16.5. The van der Waals surface area contributed by atoms with E-state index in [1.807, 2.05) is 31.3 Å². The van der Waals surface area contributed by atoms with Gasteiger partial charge in [0.2, 0.25) is 0 Å². The van der Waals surface area contributed by atoms with Crippen molar-refractivity contribution in [2.24, 2.45) is 0 Å². The van der Waals surface area contributed by atoms with Gasteiger partial charge in [-0.05, 0) is 26.0 Å². The molecule has 1 aliphatic heterocycles. The number of aromatic nitrogens is 1. The van der Waals surface area contributed by atoms with Crippen LogP contribution in [0.3, 0.4) is 0 Å². The van der Waals surface area contributed by atoms with Crippen molar-refractivity contribution in [3.63, 3.8) is 0 Å². The Balaban J connectivity index is 1.69. The van der Waals surface area contributed by atoms with E-state index >= 15 is 0 Å². The molecule has 0 aromatic carbocycles. The van der Waals surface area contributed by atoms with Crippen molar-refractivity contribution in [1.82, 2.24) is 20.5 Å². The largest absolute Gasteiger partial charge is 0.354 e. The molecule has 1 aromatic heterocycles. The van der Waals surface area contributed by atoms with E-state index in [0.717, 1.165) is 38.5 Å². The average molecular weight is 315 g/mol. The van der Waals surface area contributed by atoms with Gasteiger partial charge in [-0.25, -0.2) is 9.78 Å². The Morgan fingerprint density at radius 1 is 1.35 bits per heavy atom. The zero-order valence-corrected chi connectivity index (χ0v) is 13.9. The number of amides is 2. The van der Waals surface area contributed by atoms with Crippen molar-refractivity contribution >= 4 is 11.8 Å². The molecule has 1 saturated heterocycles. The predicted molar refractivity (Wildman–Crippen MR) is 92.3 cm³/mol. The molecule has 1 aromatic rings. The Morgan fingerprint density at radius 3 is 2.78 bits per heavy atom. The minimum absolute atomic E-state index is 0.103. The van der Waals surface area contributed by atoms with Crippen molar-refractivity contribution in [2.75, 3.05) is 44.2 Å². The highest BCUT2D eigenvalue weighted by Crippen LogP contribution is 2.12. The highest BCUT2D eigenvalue weighted by Gasteiger charge is 2.19. The number of anilines is 1. The first-order valence-corrected chi connectivity index (χ1v) is 8.01. The summed E-state index contributed by atoms with van der Waals surface area (Å²) >= 11 is 0. The summed E-state index contributed by atoms with van der Waals surface area (Å²) in [6, 6.07) is 5.94. The summed E-state index contributed by atoms with van der Waals surface area (Å²) in [4.78, 5) is 20.7. The molecular formula is C17H25N5O. The molecule has 0 spiro atoms. The number of carbonyl (C=O) groups is 1. The number of rotatable bonds is 5. The fourth-order valence-corrected chi connectivity index (χ4v) is 2.62. The summed E-state index contributed by atoms with van der Waals surface area (Å²) in [6.07, 6.45) is 1.83. The number of hydrogen-bond acceptors (Lipinski definition) is 4. The predicted octanol–water partition coefficient (Wildman–Crippen LogP) is 0.915. The lowest BCUT2D eigenvalue weighted by Gasteiger charge is -2.36. The van der Waals surface area contributed by atoms with Crippen molar-refractivity contribution < 1.29 is 4.79 Å². The molecule has 1 atom stereocenters. The third kappa shape index (κ3) is 5.80. The smallest absolute Gasteiger partial charge is 0.315 e. The molecule has 6 nitrogen and oxygen atoms in total. The molecule has 1 fully saturated rings. The summed E-state index contributed by atoms with van der Waals surface area (Å²) in [7, 11) is 0. The number of carbonyl (C=O) groups excluding carboxylic acids is 1. The third-order valence-corrected chi connectivity index (χ3v) is 3.77. The molecule has 0 saturated carbocycles. The van der Waals surface area contributed by atoms with E-state index in [0.29, 0.717) is 6.54 Å². The molecular weight excluding hydrogens is 290 g/mol. The maximum Gasteiger partial charge on any atom is 0.315 e. The second-order valence-electron chi connectivity index (χ2n) is 5.63. The first-order chi connectivity index (χ1) is 11.2. The summed E-state index contributed by atoms with van der Waals surface area (Å²) < 4.78 is 0. The van der Waals surface area contributed by atoms with Crippen LogP contribution in [0.15, 0.2) is 24.4 Å². The molecule has 2 amide bonds. The van der Waals surface area contributed by atoms with Gasteiger partial charge in [-0.2, -0.15) is 0 Å².